The summed E-state index contributed by atoms with van der Waals surface area (Å²) in [5.74, 6) is 0.604. The lowest BCUT2D eigenvalue weighted by Gasteiger charge is -2.01. The van der Waals surface area contributed by atoms with Crippen molar-refractivity contribution < 1.29 is 0 Å². The molecule has 0 heteroatoms. The Balaban J connectivity index is 2.84. The largest absolute Gasteiger partial charge is 0.0587 e. The highest BCUT2D eigenvalue weighted by atomic mass is 14.2. The number of fused-ring (bicyclic) bond motifs is 1. The second-order valence-corrected chi connectivity index (χ2v) is 5.53. The third kappa shape index (κ3) is 1.97. The molecule has 0 bridgehead atoms. The summed E-state index contributed by atoms with van der Waals surface area (Å²) < 4.78 is 0. The smallest absolute Gasteiger partial charge is 0.0146 e. The Hall–Kier alpha value is -1.30. The molecule has 2 aliphatic rings. The van der Waals surface area contributed by atoms with Crippen LogP contribution in [0.4, 0.5) is 0 Å². The van der Waals surface area contributed by atoms with Crippen LogP contribution in [-0.4, -0.2) is 0 Å². The summed E-state index contributed by atoms with van der Waals surface area (Å²) in [6.07, 6.45) is 0. The summed E-state index contributed by atoms with van der Waals surface area (Å²) in [7, 11) is 0. The van der Waals surface area contributed by atoms with E-state index in [-0.39, 0.29) is 0 Å². The molecule has 2 aliphatic carbocycles. The van der Waals surface area contributed by atoms with Gasteiger partial charge in [0.25, 0.3) is 0 Å². The van der Waals surface area contributed by atoms with Gasteiger partial charge in [0, 0.05) is 0 Å². The van der Waals surface area contributed by atoms with Crippen molar-refractivity contribution in [1.82, 2.24) is 0 Å². The van der Waals surface area contributed by atoms with E-state index in [0.717, 1.165) is 0 Å². The minimum Gasteiger partial charge on any atom is -0.0587 e. The molecule has 0 fully saturated rings. The monoisotopic (exact) mass is 226 g/mol. The third-order valence-electron chi connectivity index (χ3n) is 4.00. The minimum absolute atomic E-state index is 0.604. The molecule has 0 radical (unpaired) electrons. The first-order valence-electron chi connectivity index (χ1n) is 6.43. The van der Waals surface area contributed by atoms with Crippen LogP contribution in [0.2, 0.25) is 0 Å². The fourth-order valence-electron chi connectivity index (χ4n) is 2.45. The maximum absolute atomic E-state index is 2.37. The summed E-state index contributed by atoms with van der Waals surface area (Å²) in [4.78, 5) is 0. The Labute approximate surface area is 105 Å². The van der Waals surface area contributed by atoms with Crippen molar-refractivity contribution >= 4 is 0 Å². The molecule has 0 saturated heterocycles. The van der Waals surface area contributed by atoms with E-state index in [9.17, 15) is 0 Å². The van der Waals surface area contributed by atoms with E-state index in [2.05, 4.69) is 59.7 Å². The molecular formula is C17H22. The average molecular weight is 226 g/mol. The van der Waals surface area contributed by atoms with Gasteiger partial charge in [-0.15, -0.1) is 0 Å². The highest BCUT2D eigenvalue weighted by molar-refractivity contribution is 5.76. The van der Waals surface area contributed by atoms with Crippen LogP contribution in [0.5, 0.6) is 0 Å². The lowest BCUT2D eigenvalue weighted by molar-refractivity contribution is 0.872. The molecule has 0 nitrogen and oxygen atoms in total. The number of hydrogen-bond acceptors (Lipinski definition) is 0. The van der Waals surface area contributed by atoms with Gasteiger partial charge < -0.3 is 0 Å². The minimum atomic E-state index is 0.604. The van der Waals surface area contributed by atoms with Gasteiger partial charge in [0.1, 0.15) is 0 Å². The van der Waals surface area contributed by atoms with Gasteiger partial charge in [-0.3, -0.25) is 0 Å². The Morgan fingerprint density at radius 3 is 1.47 bits per heavy atom. The molecule has 0 unspecified atom stereocenters. The van der Waals surface area contributed by atoms with Crippen LogP contribution in [0.25, 0.3) is 11.1 Å². The highest BCUT2D eigenvalue weighted by Crippen LogP contribution is 2.36. The second-order valence-electron chi connectivity index (χ2n) is 5.53. The number of aryl methyl sites for hydroxylation is 2. The molecule has 2 rings (SSSR count). The van der Waals surface area contributed by atoms with Gasteiger partial charge >= 0.3 is 0 Å². The first-order chi connectivity index (χ1) is 7.91. The van der Waals surface area contributed by atoms with Crippen molar-refractivity contribution in [3.8, 4) is 11.1 Å². The first-order valence-corrected chi connectivity index (χ1v) is 6.43. The van der Waals surface area contributed by atoms with Gasteiger partial charge in [-0.25, -0.2) is 0 Å². The van der Waals surface area contributed by atoms with Gasteiger partial charge in [0.15, 0.2) is 0 Å². The number of rotatable bonds is 1. The predicted octanol–water partition coefficient (Wildman–Crippen LogP) is 5.15. The van der Waals surface area contributed by atoms with Crippen molar-refractivity contribution in [2.45, 2.75) is 47.5 Å². The fraction of sp³-hybridized carbons (Fsp3) is 0.412. The zero-order valence-electron chi connectivity index (χ0n) is 11.8. The molecule has 0 saturated carbocycles. The van der Waals surface area contributed by atoms with Gasteiger partial charge in [-0.2, -0.15) is 0 Å². The van der Waals surface area contributed by atoms with E-state index < -0.39 is 0 Å². The molecule has 17 heavy (non-hydrogen) atoms. The summed E-state index contributed by atoms with van der Waals surface area (Å²) in [6, 6.07) is 7.04. The van der Waals surface area contributed by atoms with Gasteiger partial charge in [-0.05, 0) is 72.6 Å². The zero-order chi connectivity index (χ0) is 12.7. The van der Waals surface area contributed by atoms with E-state index in [1.807, 2.05) is 0 Å². The van der Waals surface area contributed by atoms with Crippen molar-refractivity contribution in [1.29, 1.82) is 0 Å². The molecule has 90 valence electrons. The molecule has 0 N–H and O–H groups in total. The molecular weight excluding hydrogens is 204 g/mol. The van der Waals surface area contributed by atoms with Gasteiger partial charge in [0.05, 0.1) is 0 Å². The standard InChI is InChI=1S/C17H22/c1-10(2)15-8-16-13(5)11(3)7-12(4)14(6)17(16)9-15/h7-10H,1-6H3. The highest BCUT2D eigenvalue weighted by Gasteiger charge is 2.14. The normalized spacial score (nSPS) is 11.5. The van der Waals surface area contributed by atoms with Crippen LogP contribution in [0, 0.1) is 27.7 Å². The van der Waals surface area contributed by atoms with Crippen LogP contribution in [0.1, 0.15) is 47.6 Å². The van der Waals surface area contributed by atoms with Crippen molar-refractivity contribution in [2.75, 3.05) is 0 Å². The molecule has 0 amide bonds. The van der Waals surface area contributed by atoms with E-state index in [0.29, 0.717) is 5.92 Å². The topological polar surface area (TPSA) is 0 Å². The average Bonchev–Trinajstić information content (AvgIpc) is 2.68. The Morgan fingerprint density at radius 2 is 1.12 bits per heavy atom. The van der Waals surface area contributed by atoms with Crippen LogP contribution in [0.3, 0.4) is 0 Å². The molecule has 0 aromatic carbocycles. The van der Waals surface area contributed by atoms with Crippen LogP contribution in [-0.2, 0) is 0 Å². The quantitative estimate of drug-likeness (QED) is 0.631. The molecule has 0 aliphatic heterocycles. The summed E-state index contributed by atoms with van der Waals surface area (Å²) in [5.41, 5.74) is 9.93. The lowest BCUT2D eigenvalue weighted by Crippen LogP contribution is -1.81. The summed E-state index contributed by atoms with van der Waals surface area (Å²) in [6.45, 7) is 13.4. The maximum atomic E-state index is 2.37. The second kappa shape index (κ2) is 4.18. The van der Waals surface area contributed by atoms with Crippen LogP contribution in [0.15, 0.2) is 18.2 Å². The molecule has 0 aromatic heterocycles. The summed E-state index contributed by atoms with van der Waals surface area (Å²) >= 11 is 0. The van der Waals surface area contributed by atoms with Crippen LogP contribution < -0.4 is 0 Å². The molecule has 0 atom stereocenters. The Kier molecular flexibility index (Phi) is 2.99. The lowest BCUT2D eigenvalue weighted by atomic mass is 10.0. The van der Waals surface area contributed by atoms with Crippen molar-refractivity contribution in [3.63, 3.8) is 0 Å². The first kappa shape index (κ1) is 12.2. The number of hydrogen-bond donors (Lipinski definition) is 0. The maximum Gasteiger partial charge on any atom is -0.0146 e. The van der Waals surface area contributed by atoms with E-state index >= 15 is 0 Å². The Bertz CT molecular complexity index is 490. The predicted molar refractivity (Wildman–Crippen MR) is 76.1 cm³/mol. The van der Waals surface area contributed by atoms with Crippen molar-refractivity contribution in [3.05, 3.63) is 46.0 Å². The van der Waals surface area contributed by atoms with Crippen molar-refractivity contribution in [2.24, 2.45) is 0 Å². The van der Waals surface area contributed by atoms with Gasteiger partial charge in [-0.1, -0.05) is 32.0 Å². The van der Waals surface area contributed by atoms with E-state index in [1.165, 1.54) is 38.9 Å². The SMILES string of the molecule is Cc1cc(C)c(C)c2cc(C(C)C)cc-2c1C. The molecule has 0 heterocycles. The van der Waals surface area contributed by atoms with E-state index in [4.69, 9.17) is 0 Å². The fourth-order valence-corrected chi connectivity index (χ4v) is 2.45. The third-order valence-corrected chi connectivity index (χ3v) is 4.00. The molecule has 0 aromatic rings. The zero-order valence-corrected chi connectivity index (χ0v) is 11.8. The van der Waals surface area contributed by atoms with Crippen LogP contribution >= 0.6 is 0 Å². The Morgan fingerprint density at radius 1 is 0.706 bits per heavy atom. The summed E-state index contributed by atoms with van der Waals surface area (Å²) in [5, 5.41) is 0. The van der Waals surface area contributed by atoms with Gasteiger partial charge in [0.2, 0.25) is 0 Å². The van der Waals surface area contributed by atoms with E-state index in [1.54, 1.807) is 0 Å². The molecule has 0 spiro atoms.